The molecule has 1 heteroatoms. The second-order valence-electron chi connectivity index (χ2n) is 7.95. The molecule has 0 fully saturated rings. The fourth-order valence-electron chi connectivity index (χ4n) is 4.40. The number of fused-ring (bicyclic) bond motifs is 1. The molecule has 4 rings (SSSR count). The first kappa shape index (κ1) is 18.4. The summed E-state index contributed by atoms with van der Waals surface area (Å²) in [6.07, 6.45) is 4.80. The van der Waals surface area contributed by atoms with Crippen molar-refractivity contribution >= 4 is 22.6 Å². The fourth-order valence-corrected chi connectivity index (χ4v) is 4.40. The molecule has 1 aliphatic rings. The maximum absolute atomic E-state index is 8.27. The van der Waals surface area contributed by atoms with Gasteiger partial charge in [0.15, 0.2) is 0 Å². The highest BCUT2D eigenvalue weighted by Gasteiger charge is 2.22. The molecule has 0 radical (unpaired) electrons. The Morgan fingerprint density at radius 3 is 2.29 bits per heavy atom. The summed E-state index contributed by atoms with van der Waals surface area (Å²) >= 11 is 0. The van der Waals surface area contributed by atoms with Crippen molar-refractivity contribution in [2.45, 2.75) is 41.0 Å². The molecule has 1 aliphatic carbocycles. The standard InChI is InChI=1S/C27H27N/c1-16-10-12-22(20(5)18(16)3)25-14-21-8-6-7-9-24(21)26(15-28)27(25)23-13-11-17(2)19(23)4/h6-12,14-15,28H,13H2,1-5H3. The van der Waals surface area contributed by atoms with E-state index in [0.29, 0.717) is 0 Å². The first-order chi connectivity index (χ1) is 13.4. The third-order valence-corrected chi connectivity index (χ3v) is 6.54. The Kier molecular flexibility index (Phi) is 4.55. The SMILES string of the molecule is CC1=CCC(c2c(-c3ccc(C)c(C)c3C)cc3ccccc3c2C=N)=C1C. The van der Waals surface area contributed by atoms with Crippen LogP contribution in [-0.2, 0) is 0 Å². The number of nitrogens with one attached hydrogen (secondary N) is 1. The molecule has 0 aromatic heterocycles. The van der Waals surface area contributed by atoms with Gasteiger partial charge in [-0.3, -0.25) is 0 Å². The summed E-state index contributed by atoms with van der Waals surface area (Å²) in [6.45, 7) is 11.0. The van der Waals surface area contributed by atoms with Crippen molar-refractivity contribution in [2.24, 2.45) is 0 Å². The van der Waals surface area contributed by atoms with Gasteiger partial charge < -0.3 is 5.41 Å². The maximum Gasteiger partial charge on any atom is 0.0262 e. The third-order valence-electron chi connectivity index (χ3n) is 6.54. The minimum Gasteiger partial charge on any atom is -0.308 e. The largest absolute Gasteiger partial charge is 0.308 e. The first-order valence-corrected chi connectivity index (χ1v) is 9.94. The van der Waals surface area contributed by atoms with Gasteiger partial charge in [0.25, 0.3) is 0 Å². The van der Waals surface area contributed by atoms with Gasteiger partial charge in [0.1, 0.15) is 0 Å². The topological polar surface area (TPSA) is 23.9 Å². The molecule has 0 aliphatic heterocycles. The van der Waals surface area contributed by atoms with E-state index in [4.69, 9.17) is 5.41 Å². The Bertz CT molecular complexity index is 1190. The fraction of sp³-hybridized carbons (Fsp3) is 0.222. The molecule has 0 heterocycles. The van der Waals surface area contributed by atoms with E-state index in [1.54, 1.807) is 6.21 Å². The molecule has 0 bridgehead atoms. The molecule has 3 aromatic rings. The number of hydrogen-bond acceptors (Lipinski definition) is 1. The van der Waals surface area contributed by atoms with Crippen LogP contribution in [0.5, 0.6) is 0 Å². The van der Waals surface area contributed by atoms with Crippen LogP contribution in [0.3, 0.4) is 0 Å². The summed E-state index contributed by atoms with van der Waals surface area (Å²) in [6, 6.07) is 15.2. The van der Waals surface area contributed by atoms with E-state index in [0.717, 1.165) is 17.4 Å². The lowest BCUT2D eigenvalue weighted by Crippen LogP contribution is -2.01. The Morgan fingerprint density at radius 2 is 1.61 bits per heavy atom. The van der Waals surface area contributed by atoms with Gasteiger partial charge in [-0.15, -0.1) is 0 Å². The van der Waals surface area contributed by atoms with Crippen LogP contribution in [0.15, 0.2) is 59.7 Å². The van der Waals surface area contributed by atoms with E-state index < -0.39 is 0 Å². The summed E-state index contributed by atoms with van der Waals surface area (Å²) in [5.74, 6) is 0. The number of aryl methyl sites for hydroxylation is 1. The van der Waals surface area contributed by atoms with Gasteiger partial charge in [0, 0.05) is 11.8 Å². The smallest absolute Gasteiger partial charge is 0.0262 e. The van der Waals surface area contributed by atoms with Gasteiger partial charge >= 0.3 is 0 Å². The van der Waals surface area contributed by atoms with Gasteiger partial charge in [-0.05, 0) is 102 Å². The molecular formula is C27H27N. The summed E-state index contributed by atoms with van der Waals surface area (Å²) in [5.41, 5.74) is 12.8. The molecule has 28 heavy (non-hydrogen) atoms. The normalized spacial score (nSPS) is 14.0. The van der Waals surface area contributed by atoms with Crippen LogP contribution in [-0.4, -0.2) is 6.21 Å². The lowest BCUT2D eigenvalue weighted by molar-refractivity contribution is 1.26. The monoisotopic (exact) mass is 365 g/mol. The first-order valence-electron chi connectivity index (χ1n) is 9.94. The number of benzene rings is 3. The average molecular weight is 366 g/mol. The van der Waals surface area contributed by atoms with Gasteiger partial charge in [-0.1, -0.05) is 48.0 Å². The number of allylic oxidation sites excluding steroid dienone is 4. The van der Waals surface area contributed by atoms with Crippen LogP contribution in [0, 0.1) is 26.2 Å². The Morgan fingerprint density at radius 1 is 0.857 bits per heavy atom. The molecule has 3 aromatic carbocycles. The van der Waals surface area contributed by atoms with E-state index in [9.17, 15) is 0 Å². The van der Waals surface area contributed by atoms with E-state index in [1.165, 1.54) is 55.5 Å². The molecule has 0 atom stereocenters. The second kappa shape index (κ2) is 6.91. The average Bonchev–Trinajstić information content (AvgIpc) is 3.03. The van der Waals surface area contributed by atoms with Gasteiger partial charge in [0.2, 0.25) is 0 Å². The molecule has 0 spiro atoms. The highest BCUT2D eigenvalue weighted by Crippen LogP contribution is 2.43. The molecule has 0 saturated carbocycles. The number of rotatable bonds is 3. The Hall–Kier alpha value is -2.93. The van der Waals surface area contributed by atoms with Crippen LogP contribution in [0.4, 0.5) is 0 Å². The van der Waals surface area contributed by atoms with Crippen molar-refractivity contribution in [3.63, 3.8) is 0 Å². The minimum absolute atomic E-state index is 0.938. The molecule has 0 unspecified atom stereocenters. The zero-order valence-electron chi connectivity index (χ0n) is 17.4. The predicted molar refractivity (Wildman–Crippen MR) is 122 cm³/mol. The Balaban J connectivity index is 2.16. The molecule has 1 nitrogen and oxygen atoms in total. The van der Waals surface area contributed by atoms with E-state index in [-0.39, 0.29) is 0 Å². The van der Waals surface area contributed by atoms with Crippen molar-refractivity contribution < 1.29 is 0 Å². The maximum atomic E-state index is 8.27. The highest BCUT2D eigenvalue weighted by molar-refractivity contribution is 6.09. The minimum atomic E-state index is 0.938. The van der Waals surface area contributed by atoms with Crippen LogP contribution in [0.25, 0.3) is 27.5 Å². The molecule has 140 valence electrons. The summed E-state index contributed by atoms with van der Waals surface area (Å²) in [7, 11) is 0. The van der Waals surface area contributed by atoms with Gasteiger partial charge in [-0.25, -0.2) is 0 Å². The molecule has 0 saturated heterocycles. The lowest BCUT2D eigenvalue weighted by Gasteiger charge is -2.21. The predicted octanol–water partition coefficient (Wildman–Crippen LogP) is 7.55. The summed E-state index contributed by atoms with van der Waals surface area (Å²) in [4.78, 5) is 0. The van der Waals surface area contributed by atoms with Crippen LogP contribution >= 0.6 is 0 Å². The zero-order chi connectivity index (χ0) is 20.0. The molecule has 0 amide bonds. The second-order valence-corrected chi connectivity index (χ2v) is 7.95. The van der Waals surface area contributed by atoms with Crippen molar-refractivity contribution in [2.75, 3.05) is 0 Å². The van der Waals surface area contributed by atoms with Crippen LogP contribution < -0.4 is 0 Å². The van der Waals surface area contributed by atoms with Gasteiger partial charge in [-0.2, -0.15) is 0 Å². The van der Waals surface area contributed by atoms with Crippen molar-refractivity contribution in [3.05, 3.63) is 87.5 Å². The molecule has 1 N–H and O–H groups in total. The molecular weight excluding hydrogens is 338 g/mol. The quantitative estimate of drug-likeness (QED) is 0.463. The Labute approximate surface area is 167 Å². The van der Waals surface area contributed by atoms with Crippen LogP contribution in [0.1, 0.15) is 48.1 Å². The van der Waals surface area contributed by atoms with E-state index >= 15 is 0 Å². The van der Waals surface area contributed by atoms with Crippen molar-refractivity contribution in [1.82, 2.24) is 0 Å². The zero-order valence-corrected chi connectivity index (χ0v) is 17.4. The third kappa shape index (κ3) is 2.74. The van der Waals surface area contributed by atoms with Crippen molar-refractivity contribution in [3.8, 4) is 11.1 Å². The van der Waals surface area contributed by atoms with E-state index in [1.807, 2.05) is 0 Å². The highest BCUT2D eigenvalue weighted by atomic mass is 14.4. The van der Waals surface area contributed by atoms with Gasteiger partial charge in [0.05, 0.1) is 0 Å². The summed E-state index contributed by atoms with van der Waals surface area (Å²) < 4.78 is 0. The lowest BCUT2D eigenvalue weighted by atomic mass is 9.83. The summed E-state index contributed by atoms with van der Waals surface area (Å²) in [5, 5.41) is 10.6. The number of hydrogen-bond donors (Lipinski definition) is 1. The van der Waals surface area contributed by atoms with Crippen molar-refractivity contribution in [1.29, 1.82) is 5.41 Å². The van der Waals surface area contributed by atoms with Crippen LogP contribution in [0.2, 0.25) is 0 Å². The van der Waals surface area contributed by atoms with E-state index in [2.05, 4.69) is 83.2 Å².